The fourth-order valence-corrected chi connectivity index (χ4v) is 5.61. The van der Waals surface area contributed by atoms with E-state index in [4.69, 9.17) is 11.6 Å². The number of hydrogen-bond acceptors (Lipinski definition) is 3. The molecule has 0 fully saturated rings. The van der Waals surface area contributed by atoms with E-state index in [2.05, 4.69) is 4.72 Å². The van der Waals surface area contributed by atoms with Crippen molar-refractivity contribution in [1.82, 2.24) is 0 Å². The third-order valence-electron chi connectivity index (χ3n) is 5.73. The number of aryl methyl sites for hydroxylation is 4. The number of carbonyl (C=O) groups excluding carboxylic acids is 1. The normalized spacial score (nSPS) is 13.6. The van der Waals surface area contributed by atoms with Gasteiger partial charge in [-0.15, -0.1) is 0 Å². The predicted octanol–water partition coefficient (Wildman–Crippen LogP) is 5.66. The monoisotopic (exact) mass is 468 g/mol. The zero-order chi connectivity index (χ0) is 23.0. The summed E-state index contributed by atoms with van der Waals surface area (Å²) in [5.74, 6) is -0.123. The summed E-state index contributed by atoms with van der Waals surface area (Å²) in [4.78, 5) is 15.0. The highest BCUT2D eigenvalue weighted by Crippen LogP contribution is 2.32. The van der Waals surface area contributed by atoms with Crippen molar-refractivity contribution in [3.8, 4) is 0 Å². The smallest absolute Gasteiger partial charge is 0.261 e. The summed E-state index contributed by atoms with van der Waals surface area (Å²) in [5, 5.41) is 0.571. The van der Waals surface area contributed by atoms with Gasteiger partial charge in [-0.2, -0.15) is 0 Å². The number of amides is 1. The largest absolute Gasteiger partial charge is 0.308 e. The molecule has 1 heterocycles. The number of hydrogen-bond donors (Lipinski definition) is 1. The molecule has 1 amide bonds. The Bertz CT molecular complexity index is 1280. The molecule has 0 unspecified atom stereocenters. The molecule has 1 aliphatic rings. The van der Waals surface area contributed by atoms with Crippen molar-refractivity contribution >= 4 is 38.9 Å². The van der Waals surface area contributed by atoms with Crippen LogP contribution in [0.4, 0.5) is 11.4 Å². The first kappa shape index (κ1) is 22.4. The van der Waals surface area contributed by atoms with Crippen molar-refractivity contribution in [3.05, 3.63) is 87.4 Å². The molecule has 0 radical (unpaired) electrons. The lowest BCUT2D eigenvalue weighted by Gasteiger charge is -2.30. The van der Waals surface area contributed by atoms with Crippen molar-refractivity contribution in [2.75, 3.05) is 16.2 Å². The number of nitrogens with zero attached hydrogens (tertiary/aromatic N) is 1. The average Bonchev–Trinajstić information content (AvgIpc) is 2.75. The minimum Gasteiger partial charge on any atom is -0.308 e. The summed E-state index contributed by atoms with van der Waals surface area (Å²) >= 11 is 5.94. The number of anilines is 2. The van der Waals surface area contributed by atoms with Gasteiger partial charge in [-0.05, 0) is 92.8 Å². The van der Waals surface area contributed by atoms with Gasteiger partial charge in [0, 0.05) is 22.8 Å². The van der Waals surface area contributed by atoms with E-state index >= 15 is 0 Å². The third kappa shape index (κ3) is 4.38. The van der Waals surface area contributed by atoms with Crippen molar-refractivity contribution in [3.63, 3.8) is 0 Å². The molecule has 0 aromatic heterocycles. The van der Waals surface area contributed by atoms with Crippen molar-refractivity contribution in [2.24, 2.45) is 0 Å². The van der Waals surface area contributed by atoms with Gasteiger partial charge >= 0.3 is 0 Å². The molecule has 0 spiro atoms. The molecule has 32 heavy (non-hydrogen) atoms. The van der Waals surface area contributed by atoms with Gasteiger partial charge < -0.3 is 4.90 Å². The minimum atomic E-state index is -3.77. The summed E-state index contributed by atoms with van der Waals surface area (Å²) in [7, 11) is -3.77. The topological polar surface area (TPSA) is 66.5 Å². The molecule has 3 aromatic rings. The molecule has 0 atom stereocenters. The Balaban J connectivity index is 1.65. The van der Waals surface area contributed by atoms with E-state index in [0.717, 1.165) is 34.4 Å². The van der Waals surface area contributed by atoms with E-state index < -0.39 is 10.0 Å². The van der Waals surface area contributed by atoms with Crippen LogP contribution in [0.2, 0.25) is 5.02 Å². The van der Waals surface area contributed by atoms with Crippen LogP contribution in [-0.4, -0.2) is 20.9 Å². The Morgan fingerprint density at radius 1 is 0.969 bits per heavy atom. The van der Waals surface area contributed by atoms with Gasteiger partial charge in [0.05, 0.1) is 10.6 Å². The Kier molecular flexibility index (Phi) is 6.01. The van der Waals surface area contributed by atoms with Gasteiger partial charge in [0.15, 0.2) is 0 Å². The van der Waals surface area contributed by atoms with Gasteiger partial charge in [-0.25, -0.2) is 8.42 Å². The quantitative estimate of drug-likeness (QED) is 0.537. The first-order valence-corrected chi connectivity index (χ1v) is 12.3. The second-order valence-electron chi connectivity index (χ2n) is 8.24. The van der Waals surface area contributed by atoms with Gasteiger partial charge in [0.25, 0.3) is 15.9 Å². The van der Waals surface area contributed by atoms with Crippen LogP contribution >= 0.6 is 11.6 Å². The lowest BCUT2D eigenvalue weighted by Crippen LogP contribution is -2.35. The minimum absolute atomic E-state index is 0.123. The van der Waals surface area contributed by atoms with E-state index in [1.807, 2.05) is 32.9 Å². The van der Waals surface area contributed by atoms with Gasteiger partial charge in [-0.3, -0.25) is 9.52 Å². The molecular weight excluding hydrogens is 444 g/mol. The van der Waals surface area contributed by atoms with Crippen molar-refractivity contribution in [2.45, 2.75) is 38.5 Å². The standard InChI is InChI=1S/C25H25ClN2O3S/c1-16-13-17(2)24(18(3)14-16)27-32(30,31)22-10-11-23-20(15-22)5-4-12-28(23)25(29)19-6-8-21(26)9-7-19/h6-11,13-15,27H,4-5,12H2,1-3H3. The molecule has 1 aliphatic heterocycles. The number of halogens is 1. The first-order valence-electron chi connectivity index (χ1n) is 10.5. The summed E-state index contributed by atoms with van der Waals surface area (Å²) in [6.07, 6.45) is 1.48. The zero-order valence-electron chi connectivity index (χ0n) is 18.3. The molecule has 7 heteroatoms. The highest BCUT2D eigenvalue weighted by molar-refractivity contribution is 7.92. The number of rotatable bonds is 4. The fraction of sp³-hybridized carbons (Fsp3) is 0.240. The summed E-state index contributed by atoms with van der Waals surface area (Å²) in [6.45, 7) is 6.36. The fourth-order valence-electron chi connectivity index (χ4n) is 4.23. The van der Waals surface area contributed by atoms with E-state index in [9.17, 15) is 13.2 Å². The number of fused-ring (bicyclic) bond motifs is 1. The van der Waals surface area contributed by atoms with E-state index in [-0.39, 0.29) is 10.8 Å². The Labute approximate surface area is 194 Å². The van der Waals surface area contributed by atoms with Crippen LogP contribution < -0.4 is 9.62 Å². The van der Waals surface area contributed by atoms with Crippen molar-refractivity contribution < 1.29 is 13.2 Å². The molecule has 4 rings (SSSR count). The first-order chi connectivity index (χ1) is 15.2. The lowest BCUT2D eigenvalue weighted by atomic mass is 10.0. The van der Waals surface area contributed by atoms with Gasteiger partial charge in [0.1, 0.15) is 0 Å². The summed E-state index contributed by atoms with van der Waals surface area (Å²) in [5.41, 5.74) is 5.59. The van der Waals surface area contributed by atoms with Crippen LogP contribution in [0.5, 0.6) is 0 Å². The van der Waals surface area contributed by atoms with E-state index in [0.29, 0.717) is 29.2 Å². The second kappa shape index (κ2) is 8.60. The van der Waals surface area contributed by atoms with Crippen LogP contribution in [0.25, 0.3) is 0 Å². The molecule has 5 nitrogen and oxygen atoms in total. The van der Waals surface area contributed by atoms with Crippen LogP contribution in [0.15, 0.2) is 59.5 Å². The second-order valence-corrected chi connectivity index (χ2v) is 10.4. The van der Waals surface area contributed by atoms with Crippen molar-refractivity contribution in [1.29, 1.82) is 0 Å². The van der Waals surface area contributed by atoms with Gasteiger partial charge in [-0.1, -0.05) is 29.3 Å². The zero-order valence-corrected chi connectivity index (χ0v) is 19.8. The predicted molar refractivity (Wildman–Crippen MR) is 129 cm³/mol. The third-order valence-corrected chi connectivity index (χ3v) is 7.33. The molecule has 1 N–H and O–H groups in total. The Morgan fingerprint density at radius 3 is 2.28 bits per heavy atom. The highest BCUT2D eigenvalue weighted by Gasteiger charge is 2.26. The highest BCUT2D eigenvalue weighted by atomic mass is 35.5. The van der Waals surface area contributed by atoms with Gasteiger partial charge in [0.2, 0.25) is 0 Å². The molecule has 0 saturated heterocycles. The number of sulfonamides is 1. The molecule has 3 aromatic carbocycles. The van der Waals surface area contributed by atoms with Crippen LogP contribution in [0.3, 0.4) is 0 Å². The molecule has 0 saturated carbocycles. The number of benzene rings is 3. The van der Waals surface area contributed by atoms with Crippen LogP contribution in [0, 0.1) is 20.8 Å². The van der Waals surface area contributed by atoms with E-state index in [1.54, 1.807) is 47.4 Å². The maximum absolute atomic E-state index is 13.1. The number of carbonyl (C=O) groups is 1. The SMILES string of the molecule is Cc1cc(C)c(NS(=O)(=O)c2ccc3c(c2)CCCN3C(=O)c2ccc(Cl)cc2)c(C)c1. The number of nitrogens with one attached hydrogen (secondary N) is 1. The Morgan fingerprint density at radius 2 is 1.62 bits per heavy atom. The average molecular weight is 469 g/mol. The van der Waals surface area contributed by atoms with Crippen LogP contribution in [-0.2, 0) is 16.4 Å². The molecule has 166 valence electrons. The summed E-state index contributed by atoms with van der Waals surface area (Å²) < 4.78 is 29.0. The molecule has 0 bridgehead atoms. The van der Waals surface area contributed by atoms with Crippen LogP contribution in [0.1, 0.15) is 39.0 Å². The summed E-state index contributed by atoms with van der Waals surface area (Å²) in [6, 6.07) is 15.7. The Hall–Kier alpha value is -2.83. The molecule has 0 aliphatic carbocycles. The lowest BCUT2D eigenvalue weighted by molar-refractivity contribution is 0.0985. The maximum atomic E-state index is 13.1. The van der Waals surface area contributed by atoms with E-state index in [1.165, 1.54) is 0 Å². The molecular formula is C25H25ClN2O3S. The maximum Gasteiger partial charge on any atom is 0.261 e.